The Hall–Kier alpha value is -0.610. The number of carbonyl (C=O) groups is 1. The minimum atomic E-state index is -0.101. The second-order valence-corrected chi connectivity index (χ2v) is 5.27. The van der Waals surface area contributed by atoms with Crippen LogP contribution in [0.25, 0.3) is 0 Å². The Labute approximate surface area is 105 Å². The number of hydrogen-bond acceptors (Lipinski definition) is 3. The molecule has 1 amide bonds. The highest BCUT2D eigenvalue weighted by molar-refractivity contribution is 5.81. The number of likely N-dealkylation sites (N-methyl/N-ethyl adjacent to an activating group) is 1. The van der Waals surface area contributed by atoms with Gasteiger partial charge in [-0.25, -0.2) is 0 Å². The highest BCUT2D eigenvalue weighted by Crippen LogP contribution is 2.17. The number of nitrogens with zero attached hydrogens (tertiary/aromatic N) is 1. The molecule has 1 saturated carbocycles. The van der Waals surface area contributed by atoms with E-state index in [2.05, 4.69) is 5.32 Å². The van der Waals surface area contributed by atoms with Crippen LogP contribution in [0.15, 0.2) is 0 Å². The molecule has 0 aromatic rings. The van der Waals surface area contributed by atoms with Gasteiger partial charge in [0.15, 0.2) is 0 Å². The average Bonchev–Trinajstić information content (AvgIpc) is 2.37. The van der Waals surface area contributed by atoms with Gasteiger partial charge in [-0.1, -0.05) is 19.3 Å². The molecule has 17 heavy (non-hydrogen) atoms. The van der Waals surface area contributed by atoms with Crippen LogP contribution in [0.1, 0.15) is 46.0 Å². The second-order valence-electron chi connectivity index (χ2n) is 5.27. The predicted molar refractivity (Wildman–Crippen MR) is 70.8 cm³/mol. The Bertz CT molecular complexity index is 239. The molecule has 0 radical (unpaired) electrons. The van der Waals surface area contributed by atoms with Crippen LogP contribution in [0.4, 0.5) is 0 Å². The SMILES string of the molecule is CC(CN)N(C)C(C)C(=O)NC1CCCCC1. The van der Waals surface area contributed by atoms with E-state index in [0.29, 0.717) is 12.6 Å². The van der Waals surface area contributed by atoms with Crippen LogP contribution in [-0.2, 0) is 4.79 Å². The lowest BCUT2D eigenvalue weighted by Crippen LogP contribution is -2.51. The lowest BCUT2D eigenvalue weighted by atomic mass is 9.95. The molecule has 0 aliphatic heterocycles. The van der Waals surface area contributed by atoms with Crippen LogP contribution in [0.3, 0.4) is 0 Å². The lowest BCUT2D eigenvalue weighted by Gasteiger charge is -2.31. The third-order valence-corrected chi connectivity index (χ3v) is 3.98. The minimum absolute atomic E-state index is 0.101. The Morgan fingerprint density at radius 2 is 1.94 bits per heavy atom. The smallest absolute Gasteiger partial charge is 0.237 e. The fourth-order valence-electron chi connectivity index (χ4n) is 2.30. The molecule has 0 saturated heterocycles. The van der Waals surface area contributed by atoms with E-state index in [9.17, 15) is 4.79 Å². The molecule has 0 spiro atoms. The second kappa shape index (κ2) is 6.97. The summed E-state index contributed by atoms with van der Waals surface area (Å²) >= 11 is 0. The van der Waals surface area contributed by atoms with E-state index in [1.165, 1.54) is 19.3 Å². The van der Waals surface area contributed by atoms with Crippen molar-refractivity contribution in [1.82, 2.24) is 10.2 Å². The Morgan fingerprint density at radius 1 is 1.35 bits per heavy atom. The van der Waals surface area contributed by atoms with E-state index in [1.807, 2.05) is 25.8 Å². The molecule has 0 aromatic carbocycles. The third-order valence-electron chi connectivity index (χ3n) is 3.98. The van der Waals surface area contributed by atoms with Gasteiger partial charge in [0.25, 0.3) is 0 Å². The Balaban J connectivity index is 2.40. The van der Waals surface area contributed by atoms with Crippen LogP contribution in [0.5, 0.6) is 0 Å². The molecule has 0 heterocycles. The van der Waals surface area contributed by atoms with Gasteiger partial charge in [0, 0.05) is 18.6 Å². The predicted octanol–water partition coefficient (Wildman–Crippen LogP) is 1.10. The summed E-state index contributed by atoms with van der Waals surface area (Å²) in [7, 11) is 1.96. The summed E-state index contributed by atoms with van der Waals surface area (Å²) in [6, 6.07) is 0.526. The first-order chi connectivity index (χ1) is 8.06. The zero-order chi connectivity index (χ0) is 12.8. The summed E-state index contributed by atoms with van der Waals surface area (Å²) in [5.74, 6) is 0.139. The molecule has 1 rings (SSSR count). The standard InChI is InChI=1S/C13H27N3O/c1-10(9-14)16(3)11(2)13(17)15-12-7-5-4-6-8-12/h10-12H,4-9,14H2,1-3H3,(H,15,17). The Kier molecular flexibility index (Phi) is 5.92. The molecule has 1 fully saturated rings. The van der Waals surface area contributed by atoms with Crippen LogP contribution < -0.4 is 11.1 Å². The van der Waals surface area contributed by atoms with E-state index in [1.54, 1.807) is 0 Å². The normalized spacial score (nSPS) is 21.2. The third kappa shape index (κ3) is 4.28. The topological polar surface area (TPSA) is 58.4 Å². The van der Waals surface area contributed by atoms with Crippen LogP contribution in [-0.4, -0.2) is 42.5 Å². The molecule has 1 aliphatic rings. The van der Waals surface area contributed by atoms with Crippen molar-refractivity contribution >= 4 is 5.91 Å². The Morgan fingerprint density at radius 3 is 2.47 bits per heavy atom. The van der Waals surface area contributed by atoms with Gasteiger partial charge in [-0.05, 0) is 33.7 Å². The zero-order valence-electron chi connectivity index (χ0n) is 11.4. The van der Waals surface area contributed by atoms with Crippen molar-refractivity contribution in [3.8, 4) is 0 Å². The summed E-state index contributed by atoms with van der Waals surface area (Å²) in [5, 5.41) is 3.16. The molecule has 2 unspecified atom stereocenters. The van der Waals surface area contributed by atoms with Crippen LogP contribution in [0, 0.1) is 0 Å². The largest absolute Gasteiger partial charge is 0.352 e. The molecule has 0 bridgehead atoms. The molecule has 2 atom stereocenters. The maximum absolute atomic E-state index is 12.1. The van der Waals surface area contributed by atoms with Crippen molar-refractivity contribution in [2.24, 2.45) is 5.73 Å². The van der Waals surface area contributed by atoms with E-state index >= 15 is 0 Å². The van der Waals surface area contributed by atoms with Crippen molar-refractivity contribution in [3.63, 3.8) is 0 Å². The first-order valence-electron chi connectivity index (χ1n) is 6.78. The highest BCUT2D eigenvalue weighted by atomic mass is 16.2. The fraction of sp³-hybridized carbons (Fsp3) is 0.923. The van der Waals surface area contributed by atoms with E-state index in [0.717, 1.165) is 12.8 Å². The summed E-state index contributed by atoms with van der Waals surface area (Å²) in [5.41, 5.74) is 5.62. The summed E-state index contributed by atoms with van der Waals surface area (Å²) in [6.07, 6.45) is 6.07. The van der Waals surface area contributed by atoms with Crippen molar-refractivity contribution < 1.29 is 4.79 Å². The van der Waals surface area contributed by atoms with E-state index in [4.69, 9.17) is 5.73 Å². The maximum atomic E-state index is 12.1. The first kappa shape index (κ1) is 14.5. The molecule has 100 valence electrons. The quantitative estimate of drug-likeness (QED) is 0.758. The van der Waals surface area contributed by atoms with Gasteiger partial charge in [-0.2, -0.15) is 0 Å². The van der Waals surface area contributed by atoms with Gasteiger partial charge in [0.05, 0.1) is 6.04 Å². The van der Waals surface area contributed by atoms with Gasteiger partial charge in [0.1, 0.15) is 0 Å². The maximum Gasteiger partial charge on any atom is 0.237 e. The summed E-state index contributed by atoms with van der Waals surface area (Å²) in [4.78, 5) is 14.1. The molecule has 0 aromatic heterocycles. The van der Waals surface area contributed by atoms with Crippen molar-refractivity contribution in [3.05, 3.63) is 0 Å². The molecule has 3 N–H and O–H groups in total. The lowest BCUT2D eigenvalue weighted by molar-refractivity contribution is -0.127. The van der Waals surface area contributed by atoms with Gasteiger partial charge >= 0.3 is 0 Å². The zero-order valence-corrected chi connectivity index (χ0v) is 11.4. The first-order valence-corrected chi connectivity index (χ1v) is 6.78. The van der Waals surface area contributed by atoms with Crippen molar-refractivity contribution in [2.75, 3.05) is 13.6 Å². The highest BCUT2D eigenvalue weighted by Gasteiger charge is 2.24. The van der Waals surface area contributed by atoms with Gasteiger partial charge in [0.2, 0.25) is 5.91 Å². The van der Waals surface area contributed by atoms with E-state index < -0.39 is 0 Å². The van der Waals surface area contributed by atoms with Crippen LogP contribution >= 0.6 is 0 Å². The van der Waals surface area contributed by atoms with E-state index in [-0.39, 0.29) is 18.0 Å². The van der Waals surface area contributed by atoms with Crippen molar-refractivity contribution in [1.29, 1.82) is 0 Å². The summed E-state index contributed by atoms with van der Waals surface area (Å²) in [6.45, 7) is 4.58. The van der Waals surface area contributed by atoms with Gasteiger partial charge in [-0.15, -0.1) is 0 Å². The number of hydrogen-bond donors (Lipinski definition) is 2. The number of amides is 1. The molecular weight excluding hydrogens is 214 g/mol. The van der Waals surface area contributed by atoms with Gasteiger partial charge < -0.3 is 11.1 Å². The average molecular weight is 241 g/mol. The molecule has 4 nitrogen and oxygen atoms in total. The van der Waals surface area contributed by atoms with Crippen molar-refractivity contribution in [2.45, 2.75) is 64.1 Å². The fourth-order valence-corrected chi connectivity index (χ4v) is 2.30. The number of nitrogens with one attached hydrogen (secondary N) is 1. The molecule has 4 heteroatoms. The molecule has 1 aliphatic carbocycles. The van der Waals surface area contributed by atoms with Gasteiger partial charge in [-0.3, -0.25) is 9.69 Å². The minimum Gasteiger partial charge on any atom is -0.352 e. The monoisotopic (exact) mass is 241 g/mol. The molecular formula is C13H27N3O. The van der Waals surface area contributed by atoms with Crippen LogP contribution in [0.2, 0.25) is 0 Å². The number of rotatable bonds is 5. The number of nitrogens with two attached hydrogens (primary N) is 1. The summed E-state index contributed by atoms with van der Waals surface area (Å²) < 4.78 is 0. The number of carbonyl (C=O) groups excluding carboxylic acids is 1.